The molecule has 0 atom stereocenters. The average Bonchev–Trinajstić information content (AvgIpc) is 3.32. The van der Waals surface area contributed by atoms with Crippen LogP contribution in [0.15, 0.2) is 42.7 Å². The summed E-state index contributed by atoms with van der Waals surface area (Å²) in [4.78, 5) is 46.0. The molecule has 0 unspecified atom stereocenters. The average molecular weight is 531 g/mol. The molecule has 9 nitrogen and oxygen atoms in total. The maximum atomic E-state index is 13.2. The largest absolute Gasteiger partial charge is 0.349 e. The van der Waals surface area contributed by atoms with Crippen molar-refractivity contribution >= 4 is 51.5 Å². The predicted molar refractivity (Wildman–Crippen MR) is 149 cm³/mol. The third-order valence-corrected chi connectivity index (χ3v) is 8.58. The second-order valence-electron chi connectivity index (χ2n) is 10.2. The number of amides is 3. The summed E-state index contributed by atoms with van der Waals surface area (Å²) in [7, 11) is 1.80. The Balaban J connectivity index is 1.29. The summed E-state index contributed by atoms with van der Waals surface area (Å²) in [6.45, 7) is 0. The van der Waals surface area contributed by atoms with Gasteiger partial charge in [-0.3, -0.25) is 19.5 Å². The lowest BCUT2D eigenvalue weighted by Crippen LogP contribution is -2.33. The number of anilines is 2. The number of aromatic amines is 2. The third-order valence-electron chi connectivity index (χ3n) is 7.45. The Hall–Kier alpha value is -3.92. The van der Waals surface area contributed by atoms with Crippen molar-refractivity contribution < 1.29 is 14.4 Å². The van der Waals surface area contributed by atoms with Crippen molar-refractivity contribution in [3.8, 4) is 10.4 Å². The number of fused-ring (bicyclic) bond motifs is 1. The van der Waals surface area contributed by atoms with E-state index in [1.807, 2.05) is 24.3 Å². The molecule has 2 saturated carbocycles. The lowest BCUT2D eigenvalue weighted by Gasteiger charge is -2.26. The first-order valence-corrected chi connectivity index (χ1v) is 13.9. The van der Waals surface area contributed by atoms with Gasteiger partial charge >= 0.3 is 0 Å². The molecule has 2 aliphatic carbocycles. The van der Waals surface area contributed by atoms with E-state index >= 15 is 0 Å². The maximum Gasteiger partial charge on any atom is 0.266 e. The zero-order valence-corrected chi connectivity index (χ0v) is 22.0. The predicted octanol–water partition coefficient (Wildman–Crippen LogP) is 5.31. The lowest BCUT2D eigenvalue weighted by molar-refractivity contribution is -0.123. The zero-order valence-electron chi connectivity index (χ0n) is 21.2. The monoisotopic (exact) mass is 530 g/mol. The molecule has 38 heavy (non-hydrogen) atoms. The molecule has 0 bridgehead atoms. The highest BCUT2D eigenvalue weighted by molar-refractivity contribution is 7.17. The molecule has 2 fully saturated rings. The Morgan fingerprint density at radius 1 is 1.03 bits per heavy atom. The van der Waals surface area contributed by atoms with Gasteiger partial charge < -0.3 is 20.5 Å². The maximum absolute atomic E-state index is 13.2. The van der Waals surface area contributed by atoms with Crippen LogP contribution < -0.4 is 15.5 Å². The van der Waals surface area contributed by atoms with Crippen LogP contribution in [0.1, 0.15) is 65.0 Å². The van der Waals surface area contributed by atoms with Gasteiger partial charge in [-0.25, -0.2) is 0 Å². The number of benzene rings is 1. The molecule has 0 spiro atoms. The fraction of sp³-hybridized carbons (Fsp3) is 0.357. The van der Waals surface area contributed by atoms with Crippen LogP contribution >= 0.6 is 11.3 Å². The van der Waals surface area contributed by atoms with Crippen LogP contribution in [0.3, 0.4) is 0 Å². The lowest BCUT2D eigenvalue weighted by atomic mass is 9.88. The van der Waals surface area contributed by atoms with Gasteiger partial charge in [-0.1, -0.05) is 19.3 Å². The summed E-state index contributed by atoms with van der Waals surface area (Å²) in [5.74, 6) is 0.00243. The van der Waals surface area contributed by atoms with Gasteiger partial charge in [0.25, 0.3) is 11.8 Å². The fourth-order valence-electron chi connectivity index (χ4n) is 5.14. The molecule has 3 amide bonds. The minimum absolute atomic E-state index is 0.0561. The third kappa shape index (κ3) is 4.83. The molecule has 0 aliphatic heterocycles. The summed E-state index contributed by atoms with van der Waals surface area (Å²) in [5.41, 5.74) is 2.75. The number of hydrogen-bond acceptors (Lipinski definition) is 5. The number of nitrogens with one attached hydrogen (secondary N) is 4. The quantitative estimate of drug-likeness (QED) is 0.259. The highest BCUT2D eigenvalue weighted by Crippen LogP contribution is 2.34. The Morgan fingerprint density at radius 2 is 1.84 bits per heavy atom. The minimum atomic E-state index is -0.304. The number of thiophene rings is 1. The number of hydrogen-bond donors (Lipinski definition) is 4. The minimum Gasteiger partial charge on any atom is -0.349 e. The molecular formula is C28H30N6O3S. The molecule has 4 aromatic rings. The molecule has 3 heterocycles. The molecular weight excluding hydrogens is 500 g/mol. The Bertz CT molecular complexity index is 1490. The van der Waals surface area contributed by atoms with Gasteiger partial charge in [-0.05, 0) is 56.0 Å². The summed E-state index contributed by atoms with van der Waals surface area (Å²) in [6.07, 6.45) is 10.6. The van der Waals surface area contributed by atoms with E-state index in [0.717, 1.165) is 54.7 Å². The summed E-state index contributed by atoms with van der Waals surface area (Å²) in [5, 5.41) is 13.4. The summed E-state index contributed by atoms with van der Waals surface area (Å²) in [6, 6.07) is 9.41. The Kier molecular flexibility index (Phi) is 6.49. The number of carbonyl (C=O) groups excluding carboxylic acids is 3. The first kappa shape index (κ1) is 24.4. The molecule has 2 aliphatic rings. The topological polar surface area (TPSA) is 123 Å². The van der Waals surface area contributed by atoms with Gasteiger partial charge in [0.2, 0.25) is 5.91 Å². The second kappa shape index (κ2) is 10.1. The first-order valence-electron chi connectivity index (χ1n) is 13.1. The van der Waals surface area contributed by atoms with Crippen molar-refractivity contribution in [1.82, 2.24) is 20.5 Å². The van der Waals surface area contributed by atoms with Crippen molar-refractivity contribution in [2.75, 3.05) is 17.3 Å². The smallest absolute Gasteiger partial charge is 0.266 e. The van der Waals surface area contributed by atoms with Crippen LogP contribution in [0.2, 0.25) is 0 Å². The number of aromatic nitrogens is 3. The van der Waals surface area contributed by atoms with Crippen LogP contribution in [0.25, 0.3) is 21.3 Å². The van der Waals surface area contributed by atoms with Gasteiger partial charge in [0.15, 0.2) is 0 Å². The van der Waals surface area contributed by atoms with E-state index in [1.165, 1.54) is 17.8 Å². The van der Waals surface area contributed by atoms with Gasteiger partial charge in [-0.15, -0.1) is 11.3 Å². The fourth-order valence-corrected chi connectivity index (χ4v) is 6.02. The van der Waals surface area contributed by atoms with Crippen molar-refractivity contribution in [3.63, 3.8) is 0 Å². The van der Waals surface area contributed by atoms with Crippen molar-refractivity contribution in [2.45, 2.75) is 51.0 Å². The Morgan fingerprint density at radius 3 is 2.58 bits per heavy atom. The molecule has 0 saturated heterocycles. The normalized spacial score (nSPS) is 15.9. The van der Waals surface area contributed by atoms with Crippen LogP contribution in [0.5, 0.6) is 0 Å². The van der Waals surface area contributed by atoms with Gasteiger partial charge in [0, 0.05) is 52.2 Å². The number of rotatable bonds is 7. The van der Waals surface area contributed by atoms with E-state index in [0.29, 0.717) is 27.2 Å². The van der Waals surface area contributed by atoms with Crippen molar-refractivity contribution in [1.29, 1.82) is 0 Å². The molecule has 3 aromatic heterocycles. The molecule has 4 N–H and O–H groups in total. The van der Waals surface area contributed by atoms with Crippen molar-refractivity contribution in [2.24, 2.45) is 5.92 Å². The molecule has 1 aromatic carbocycles. The van der Waals surface area contributed by atoms with Crippen LogP contribution in [-0.2, 0) is 4.79 Å². The van der Waals surface area contributed by atoms with Crippen LogP contribution in [0, 0.1) is 5.92 Å². The zero-order chi connectivity index (χ0) is 26.2. The van der Waals surface area contributed by atoms with Gasteiger partial charge in [0.1, 0.15) is 5.82 Å². The number of nitrogens with zero attached hydrogens (tertiary/aromatic N) is 2. The molecule has 6 rings (SSSR count). The standard InChI is InChI=1S/C28H30N6O3S/c1-34(28(37)16-5-3-2-4-6-16)19-9-10-20-21(13-19)32-25(24(20)27(36)31-18-7-8-18)33-26(35)23-12-11-22(38-23)17-14-29-30-15-17/h9-16,18,32H,2-8H2,1H3,(H,29,30)(H,31,36)(H,33,35). The van der Waals surface area contributed by atoms with E-state index in [-0.39, 0.29) is 29.7 Å². The Labute approximate surface area is 224 Å². The van der Waals surface area contributed by atoms with E-state index in [1.54, 1.807) is 30.4 Å². The molecule has 10 heteroatoms. The van der Waals surface area contributed by atoms with Crippen LogP contribution in [0.4, 0.5) is 11.5 Å². The van der Waals surface area contributed by atoms with Crippen LogP contribution in [-0.4, -0.2) is 46.0 Å². The van der Waals surface area contributed by atoms with Gasteiger partial charge in [0.05, 0.1) is 16.6 Å². The number of carbonyl (C=O) groups is 3. The van der Waals surface area contributed by atoms with E-state index in [9.17, 15) is 14.4 Å². The van der Waals surface area contributed by atoms with E-state index < -0.39 is 0 Å². The second-order valence-corrected chi connectivity index (χ2v) is 11.3. The molecule has 0 radical (unpaired) electrons. The summed E-state index contributed by atoms with van der Waals surface area (Å²) < 4.78 is 0. The highest BCUT2D eigenvalue weighted by Gasteiger charge is 2.29. The summed E-state index contributed by atoms with van der Waals surface area (Å²) >= 11 is 1.35. The molecule has 196 valence electrons. The highest BCUT2D eigenvalue weighted by atomic mass is 32.1. The van der Waals surface area contributed by atoms with Crippen molar-refractivity contribution in [3.05, 3.63) is 53.2 Å². The number of H-pyrrole nitrogens is 2. The van der Waals surface area contributed by atoms with E-state index in [4.69, 9.17) is 0 Å². The first-order chi connectivity index (χ1) is 18.5. The SMILES string of the molecule is CN(C(=O)C1CCCCC1)c1ccc2c(C(=O)NC3CC3)c(NC(=O)c3ccc(-c4cn[nH]c4)s3)[nH]c2c1. The van der Waals surface area contributed by atoms with E-state index in [2.05, 4.69) is 25.8 Å². The van der Waals surface area contributed by atoms with Gasteiger partial charge in [-0.2, -0.15) is 5.10 Å².